The topological polar surface area (TPSA) is 119 Å². The standard InChI is InChI=1S/C16H18F3N7O/c17-16(18,19)13-10-24-15(25-12-3-2-11(8-20)23-9-12)26-14(13)22-5-1-4-21-6-7-27/h2-3,9-10,21,27H,1,4-7H2,(H2,22,24,25,26). The van der Waals surface area contributed by atoms with E-state index in [0.717, 1.165) is 0 Å². The molecule has 0 amide bonds. The molecule has 0 aliphatic rings. The molecule has 0 spiro atoms. The van der Waals surface area contributed by atoms with Crippen molar-refractivity contribution in [1.29, 1.82) is 5.26 Å². The molecule has 0 aromatic carbocycles. The number of pyridine rings is 1. The predicted octanol–water partition coefficient (Wildman–Crippen LogP) is 1.89. The Morgan fingerprint density at radius 1 is 1.11 bits per heavy atom. The summed E-state index contributed by atoms with van der Waals surface area (Å²) in [5.74, 6) is -0.362. The van der Waals surface area contributed by atoms with Crippen molar-refractivity contribution in [3.8, 4) is 6.07 Å². The van der Waals surface area contributed by atoms with E-state index in [1.165, 1.54) is 12.3 Å². The summed E-state index contributed by atoms with van der Waals surface area (Å²) in [6, 6.07) is 4.88. The number of hydrogen-bond donors (Lipinski definition) is 4. The lowest BCUT2D eigenvalue weighted by Gasteiger charge is -2.15. The predicted molar refractivity (Wildman–Crippen MR) is 92.3 cm³/mol. The van der Waals surface area contributed by atoms with Crippen LogP contribution in [0.1, 0.15) is 17.7 Å². The molecule has 0 bridgehead atoms. The molecule has 2 rings (SSSR count). The Hall–Kier alpha value is -2.97. The van der Waals surface area contributed by atoms with Crippen molar-refractivity contribution < 1.29 is 18.3 Å². The molecule has 0 aliphatic heterocycles. The first-order valence-electron chi connectivity index (χ1n) is 8.07. The summed E-state index contributed by atoms with van der Waals surface area (Å²) in [4.78, 5) is 11.5. The lowest BCUT2D eigenvalue weighted by atomic mass is 10.3. The highest BCUT2D eigenvalue weighted by Gasteiger charge is 2.35. The van der Waals surface area contributed by atoms with E-state index in [0.29, 0.717) is 31.4 Å². The van der Waals surface area contributed by atoms with Gasteiger partial charge in [0.05, 0.1) is 18.5 Å². The summed E-state index contributed by atoms with van der Waals surface area (Å²) in [6.45, 7) is 1.23. The Kier molecular flexibility index (Phi) is 7.27. The van der Waals surface area contributed by atoms with Gasteiger partial charge in [0.1, 0.15) is 23.1 Å². The van der Waals surface area contributed by atoms with Gasteiger partial charge in [-0.05, 0) is 25.1 Å². The molecule has 8 nitrogen and oxygen atoms in total. The van der Waals surface area contributed by atoms with Gasteiger partial charge >= 0.3 is 6.18 Å². The molecule has 2 heterocycles. The summed E-state index contributed by atoms with van der Waals surface area (Å²) in [7, 11) is 0. The van der Waals surface area contributed by atoms with Gasteiger partial charge in [0.2, 0.25) is 5.95 Å². The Bertz CT molecular complexity index is 775. The molecular weight excluding hydrogens is 363 g/mol. The summed E-state index contributed by atoms with van der Waals surface area (Å²) in [5, 5.41) is 25.7. The molecule has 4 N–H and O–H groups in total. The van der Waals surface area contributed by atoms with Crippen molar-refractivity contribution >= 4 is 17.5 Å². The van der Waals surface area contributed by atoms with Crippen molar-refractivity contribution in [1.82, 2.24) is 20.3 Å². The van der Waals surface area contributed by atoms with E-state index in [4.69, 9.17) is 10.4 Å². The van der Waals surface area contributed by atoms with Crippen LogP contribution in [0.4, 0.5) is 30.6 Å². The first kappa shape index (κ1) is 20.3. The van der Waals surface area contributed by atoms with Crippen LogP contribution in [0.15, 0.2) is 24.5 Å². The van der Waals surface area contributed by atoms with Crippen LogP contribution < -0.4 is 16.0 Å². The first-order valence-corrected chi connectivity index (χ1v) is 8.07. The highest BCUT2D eigenvalue weighted by molar-refractivity contribution is 5.56. The molecule has 144 valence electrons. The highest BCUT2D eigenvalue weighted by Crippen LogP contribution is 2.34. The largest absolute Gasteiger partial charge is 0.421 e. The number of rotatable bonds is 9. The molecule has 0 unspecified atom stereocenters. The fourth-order valence-corrected chi connectivity index (χ4v) is 2.07. The molecule has 0 radical (unpaired) electrons. The number of anilines is 3. The quantitative estimate of drug-likeness (QED) is 0.486. The maximum Gasteiger partial charge on any atom is 0.421 e. The summed E-state index contributed by atoms with van der Waals surface area (Å²) in [5.41, 5.74) is -0.312. The Balaban J connectivity index is 2.09. The summed E-state index contributed by atoms with van der Waals surface area (Å²) < 4.78 is 39.4. The zero-order valence-corrected chi connectivity index (χ0v) is 14.2. The minimum Gasteiger partial charge on any atom is -0.395 e. The van der Waals surface area contributed by atoms with E-state index >= 15 is 0 Å². The molecule has 0 saturated heterocycles. The van der Waals surface area contributed by atoms with Gasteiger partial charge in [0.15, 0.2) is 0 Å². The number of aromatic nitrogens is 3. The number of aliphatic hydroxyl groups excluding tert-OH is 1. The molecule has 0 saturated carbocycles. The third kappa shape index (κ3) is 6.36. The number of hydrogen-bond acceptors (Lipinski definition) is 8. The summed E-state index contributed by atoms with van der Waals surface area (Å²) in [6.07, 6.45) is -1.98. The second kappa shape index (κ2) is 9.65. The Labute approximate surface area is 153 Å². The van der Waals surface area contributed by atoms with Crippen molar-refractivity contribution in [2.24, 2.45) is 0 Å². The van der Waals surface area contributed by atoms with Crippen LogP contribution in [-0.4, -0.2) is 46.3 Å². The second-order valence-corrected chi connectivity index (χ2v) is 5.38. The third-order valence-corrected chi connectivity index (χ3v) is 3.34. The number of nitrogens with one attached hydrogen (secondary N) is 3. The van der Waals surface area contributed by atoms with Crippen LogP contribution in [0.3, 0.4) is 0 Å². The second-order valence-electron chi connectivity index (χ2n) is 5.38. The lowest BCUT2D eigenvalue weighted by Crippen LogP contribution is -2.22. The van der Waals surface area contributed by atoms with Crippen LogP contribution in [0.5, 0.6) is 0 Å². The molecule has 27 heavy (non-hydrogen) atoms. The number of nitrogens with zero attached hydrogens (tertiary/aromatic N) is 4. The molecule has 2 aromatic rings. The molecule has 0 aliphatic carbocycles. The molecular formula is C16H18F3N7O. The number of alkyl halides is 3. The maximum atomic E-state index is 13.1. The average Bonchev–Trinajstić information content (AvgIpc) is 2.64. The minimum atomic E-state index is -4.59. The third-order valence-electron chi connectivity index (χ3n) is 3.34. The zero-order valence-electron chi connectivity index (χ0n) is 14.2. The highest BCUT2D eigenvalue weighted by atomic mass is 19.4. The van der Waals surface area contributed by atoms with E-state index in [-0.39, 0.29) is 30.6 Å². The van der Waals surface area contributed by atoms with E-state index in [9.17, 15) is 13.2 Å². The zero-order chi connectivity index (χ0) is 19.7. The Morgan fingerprint density at radius 3 is 2.56 bits per heavy atom. The summed E-state index contributed by atoms with van der Waals surface area (Å²) >= 11 is 0. The number of halogens is 3. The van der Waals surface area contributed by atoms with Gasteiger partial charge in [-0.3, -0.25) is 0 Å². The van der Waals surface area contributed by atoms with Crippen LogP contribution in [0, 0.1) is 11.3 Å². The molecule has 0 fully saturated rings. The molecule has 0 atom stereocenters. The van der Waals surface area contributed by atoms with Crippen LogP contribution >= 0.6 is 0 Å². The van der Waals surface area contributed by atoms with Crippen LogP contribution in [-0.2, 0) is 6.18 Å². The lowest BCUT2D eigenvalue weighted by molar-refractivity contribution is -0.137. The van der Waals surface area contributed by atoms with Gasteiger partial charge in [-0.15, -0.1) is 0 Å². The van der Waals surface area contributed by atoms with Gasteiger partial charge in [0, 0.05) is 19.3 Å². The minimum absolute atomic E-state index is 0.00318. The Morgan fingerprint density at radius 2 is 1.93 bits per heavy atom. The maximum absolute atomic E-state index is 13.1. The van der Waals surface area contributed by atoms with Gasteiger partial charge in [0.25, 0.3) is 0 Å². The van der Waals surface area contributed by atoms with Crippen molar-refractivity contribution in [2.75, 3.05) is 36.9 Å². The fraction of sp³-hybridized carbons (Fsp3) is 0.375. The van der Waals surface area contributed by atoms with E-state index in [1.807, 2.05) is 6.07 Å². The molecule has 11 heteroatoms. The van der Waals surface area contributed by atoms with Crippen LogP contribution in [0.25, 0.3) is 0 Å². The van der Waals surface area contributed by atoms with Gasteiger partial charge in [-0.2, -0.15) is 23.4 Å². The normalized spacial score (nSPS) is 11.1. The van der Waals surface area contributed by atoms with E-state index < -0.39 is 11.7 Å². The molecule has 2 aromatic heterocycles. The van der Waals surface area contributed by atoms with Crippen molar-refractivity contribution in [3.05, 3.63) is 35.8 Å². The smallest absolute Gasteiger partial charge is 0.395 e. The van der Waals surface area contributed by atoms with Crippen molar-refractivity contribution in [3.63, 3.8) is 0 Å². The first-order chi connectivity index (χ1) is 12.9. The number of aliphatic hydroxyl groups is 1. The SMILES string of the molecule is N#Cc1ccc(Nc2ncc(C(F)(F)F)c(NCCCNCCO)n2)cn1. The van der Waals surface area contributed by atoms with Gasteiger partial charge in [-0.25, -0.2) is 9.97 Å². The monoisotopic (exact) mass is 381 g/mol. The van der Waals surface area contributed by atoms with E-state index in [1.54, 1.807) is 6.07 Å². The van der Waals surface area contributed by atoms with Crippen LogP contribution in [0.2, 0.25) is 0 Å². The van der Waals surface area contributed by atoms with E-state index in [2.05, 4.69) is 30.9 Å². The van der Waals surface area contributed by atoms with Crippen molar-refractivity contribution in [2.45, 2.75) is 12.6 Å². The number of nitriles is 1. The fourth-order valence-electron chi connectivity index (χ4n) is 2.07. The van der Waals surface area contributed by atoms with Gasteiger partial charge in [-0.1, -0.05) is 0 Å². The average molecular weight is 381 g/mol. The van der Waals surface area contributed by atoms with Gasteiger partial charge < -0.3 is 21.1 Å².